The van der Waals surface area contributed by atoms with Gasteiger partial charge in [-0.05, 0) is 18.1 Å². The van der Waals surface area contributed by atoms with Crippen LogP contribution in [0, 0.1) is 5.92 Å². The lowest BCUT2D eigenvalue weighted by Gasteiger charge is -2.04. The van der Waals surface area contributed by atoms with Crippen LogP contribution in [0.15, 0.2) is 0 Å². The van der Waals surface area contributed by atoms with Gasteiger partial charge in [-0.15, -0.1) is 0 Å². The molecule has 1 rings (SSSR count). The SMILES string of the molecule is C[C@H]1CCS[C@@H]1C. The third-order valence-electron chi connectivity index (χ3n) is 1.76. The van der Waals surface area contributed by atoms with Crippen LogP contribution in [0.3, 0.4) is 0 Å². The smallest absolute Gasteiger partial charge is 0.00446 e. The molecule has 0 N–H and O–H groups in total. The minimum Gasteiger partial charge on any atom is -0.159 e. The highest BCUT2D eigenvalue weighted by Crippen LogP contribution is 2.30. The van der Waals surface area contributed by atoms with Gasteiger partial charge in [-0.3, -0.25) is 0 Å². The Morgan fingerprint density at radius 3 is 2.29 bits per heavy atom. The number of hydrogen-bond acceptors (Lipinski definition) is 1. The van der Waals surface area contributed by atoms with Crippen molar-refractivity contribution in [1.82, 2.24) is 0 Å². The van der Waals surface area contributed by atoms with E-state index in [9.17, 15) is 0 Å². The minimum absolute atomic E-state index is 0.931. The van der Waals surface area contributed by atoms with E-state index >= 15 is 0 Å². The first-order chi connectivity index (χ1) is 3.30. The molecule has 1 heteroatoms. The lowest BCUT2D eigenvalue weighted by Crippen LogP contribution is -2.00. The Morgan fingerprint density at radius 2 is 2.14 bits per heavy atom. The van der Waals surface area contributed by atoms with E-state index < -0.39 is 0 Å². The third kappa shape index (κ3) is 1.12. The highest BCUT2D eigenvalue weighted by Gasteiger charge is 2.18. The molecule has 1 aliphatic heterocycles. The zero-order valence-corrected chi connectivity index (χ0v) is 5.79. The standard InChI is InChI=1S/C6H12S/c1-5-3-4-7-6(5)2/h5-6H,3-4H2,1-2H3/t5-,6+/m0/s1. The number of rotatable bonds is 0. The molecular formula is C6H12S. The van der Waals surface area contributed by atoms with Gasteiger partial charge in [0.1, 0.15) is 0 Å². The summed E-state index contributed by atoms with van der Waals surface area (Å²) in [5.74, 6) is 2.37. The molecule has 7 heavy (non-hydrogen) atoms. The maximum Gasteiger partial charge on any atom is 0.00446 e. The van der Waals surface area contributed by atoms with Crippen molar-refractivity contribution in [2.75, 3.05) is 5.75 Å². The molecule has 42 valence electrons. The van der Waals surface area contributed by atoms with Gasteiger partial charge < -0.3 is 0 Å². The van der Waals surface area contributed by atoms with Gasteiger partial charge in [0.25, 0.3) is 0 Å². The molecule has 2 atom stereocenters. The predicted octanol–water partition coefficient (Wildman–Crippen LogP) is 2.15. The topological polar surface area (TPSA) is 0 Å². The second kappa shape index (κ2) is 2.08. The molecule has 0 bridgehead atoms. The maximum absolute atomic E-state index is 2.34. The van der Waals surface area contributed by atoms with E-state index in [2.05, 4.69) is 25.6 Å². The van der Waals surface area contributed by atoms with E-state index in [0.717, 1.165) is 11.2 Å². The fraction of sp³-hybridized carbons (Fsp3) is 1.00. The van der Waals surface area contributed by atoms with Gasteiger partial charge in [0, 0.05) is 5.25 Å². The number of thioether (sulfide) groups is 1. The summed E-state index contributed by atoms with van der Waals surface area (Å²) in [7, 11) is 0. The zero-order chi connectivity index (χ0) is 5.28. The van der Waals surface area contributed by atoms with E-state index in [-0.39, 0.29) is 0 Å². The predicted molar refractivity (Wildman–Crippen MR) is 35.7 cm³/mol. The molecule has 0 amide bonds. The fourth-order valence-electron chi connectivity index (χ4n) is 0.839. The Balaban J connectivity index is 2.33. The summed E-state index contributed by atoms with van der Waals surface area (Å²) in [6, 6.07) is 0. The van der Waals surface area contributed by atoms with E-state index in [1.807, 2.05) is 0 Å². The molecule has 0 nitrogen and oxygen atoms in total. The van der Waals surface area contributed by atoms with Crippen LogP contribution in [0.25, 0.3) is 0 Å². The van der Waals surface area contributed by atoms with Crippen molar-refractivity contribution < 1.29 is 0 Å². The van der Waals surface area contributed by atoms with Crippen molar-refractivity contribution in [2.24, 2.45) is 5.92 Å². The summed E-state index contributed by atoms with van der Waals surface area (Å²) in [4.78, 5) is 0. The van der Waals surface area contributed by atoms with Crippen LogP contribution in [0.4, 0.5) is 0 Å². The molecular weight excluding hydrogens is 104 g/mol. The van der Waals surface area contributed by atoms with Crippen molar-refractivity contribution in [3.63, 3.8) is 0 Å². The van der Waals surface area contributed by atoms with Crippen molar-refractivity contribution in [3.8, 4) is 0 Å². The Morgan fingerprint density at radius 1 is 1.43 bits per heavy atom. The molecule has 0 unspecified atom stereocenters. The van der Waals surface area contributed by atoms with E-state index in [1.165, 1.54) is 12.2 Å². The van der Waals surface area contributed by atoms with Gasteiger partial charge in [0.05, 0.1) is 0 Å². The van der Waals surface area contributed by atoms with Crippen LogP contribution in [0.2, 0.25) is 0 Å². The molecule has 0 aromatic rings. The summed E-state index contributed by atoms with van der Waals surface area (Å²) >= 11 is 2.11. The molecule has 1 heterocycles. The molecule has 0 saturated carbocycles. The van der Waals surface area contributed by atoms with Crippen molar-refractivity contribution in [3.05, 3.63) is 0 Å². The van der Waals surface area contributed by atoms with Crippen molar-refractivity contribution in [2.45, 2.75) is 25.5 Å². The molecule has 0 aliphatic carbocycles. The van der Waals surface area contributed by atoms with E-state index in [0.29, 0.717) is 0 Å². The Labute approximate surface area is 49.7 Å². The average Bonchev–Trinajstić information content (AvgIpc) is 1.91. The van der Waals surface area contributed by atoms with Gasteiger partial charge in [0.2, 0.25) is 0 Å². The summed E-state index contributed by atoms with van der Waals surface area (Å²) in [6.45, 7) is 4.66. The maximum atomic E-state index is 2.34. The molecule has 1 aliphatic rings. The van der Waals surface area contributed by atoms with Crippen LogP contribution >= 0.6 is 11.8 Å². The Bertz CT molecular complexity index is 53.2. The summed E-state index contributed by atoms with van der Waals surface area (Å²) < 4.78 is 0. The molecule has 0 spiro atoms. The normalized spacial score (nSPS) is 42.0. The Hall–Kier alpha value is 0.350. The van der Waals surface area contributed by atoms with Gasteiger partial charge in [-0.25, -0.2) is 0 Å². The second-order valence-electron chi connectivity index (χ2n) is 2.34. The summed E-state index contributed by atoms with van der Waals surface area (Å²) in [6.07, 6.45) is 1.44. The van der Waals surface area contributed by atoms with Crippen LogP contribution in [-0.4, -0.2) is 11.0 Å². The van der Waals surface area contributed by atoms with Gasteiger partial charge in [-0.1, -0.05) is 13.8 Å². The Kier molecular flexibility index (Phi) is 1.63. The van der Waals surface area contributed by atoms with Gasteiger partial charge >= 0.3 is 0 Å². The summed E-state index contributed by atoms with van der Waals surface area (Å²) in [5.41, 5.74) is 0. The fourth-order valence-corrected chi connectivity index (χ4v) is 2.18. The second-order valence-corrected chi connectivity index (χ2v) is 3.83. The molecule has 0 radical (unpaired) electrons. The van der Waals surface area contributed by atoms with Crippen LogP contribution in [0.5, 0.6) is 0 Å². The number of hydrogen-bond donors (Lipinski definition) is 0. The third-order valence-corrected chi connectivity index (χ3v) is 3.22. The molecule has 1 saturated heterocycles. The monoisotopic (exact) mass is 116 g/mol. The van der Waals surface area contributed by atoms with Crippen LogP contribution in [0.1, 0.15) is 20.3 Å². The average molecular weight is 116 g/mol. The highest BCUT2D eigenvalue weighted by molar-refractivity contribution is 8.00. The van der Waals surface area contributed by atoms with E-state index in [4.69, 9.17) is 0 Å². The quantitative estimate of drug-likeness (QED) is 0.467. The zero-order valence-electron chi connectivity index (χ0n) is 4.98. The molecule has 0 aromatic heterocycles. The lowest BCUT2D eigenvalue weighted by atomic mass is 10.1. The van der Waals surface area contributed by atoms with E-state index in [1.54, 1.807) is 0 Å². The van der Waals surface area contributed by atoms with Crippen molar-refractivity contribution in [1.29, 1.82) is 0 Å². The lowest BCUT2D eigenvalue weighted by molar-refractivity contribution is 0.590. The first-order valence-corrected chi connectivity index (χ1v) is 3.97. The molecule has 0 aromatic carbocycles. The highest BCUT2D eigenvalue weighted by atomic mass is 32.2. The molecule has 1 fully saturated rings. The van der Waals surface area contributed by atoms with Crippen LogP contribution in [-0.2, 0) is 0 Å². The first kappa shape index (κ1) is 5.49. The minimum atomic E-state index is 0.931. The van der Waals surface area contributed by atoms with Gasteiger partial charge in [-0.2, -0.15) is 11.8 Å². The van der Waals surface area contributed by atoms with Crippen molar-refractivity contribution >= 4 is 11.8 Å². The first-order valence-electron chi connectivity index (χ1n) is 2.92. The van der Waals surface area contributed by atoms with Gasteiger partial charge in [0.15, 0.2) is 0 Å². The summed E-state index contributed by atoms with van der Waals surface area (Å²) in [5, 5.41) is 0.931. The van der Waals surface area contributed by atoms with Crippen LogP contribution < -0.4 is 0 Å². The largest absolute Gasteiger partial charge is 0.159 e.